The second-order valence-corrected chi connectivity index (χ2v) is 8.83. The summed E-state index contributed by atoms with van der Waals surface area (Å²) in [6.07, 6.45) is 0. The molecule has 7 heteroatoms. The summed E-state index contributed by atoms with van der Waals surface area (Å²) in [5.41, 5.74) is 8.74. The van der Waals surface area contributed by atoms with Crippen LogP contribution in [0.4, 0.5) is 5.82 Å². The molecule has 1 unspecified atom stereocenters. The Bertz CT molecular complexity index is 1430. The minimum absolute atomic E-state index is 0.00655. The largest absolute Gasteiger partial charge is 0.383 e. The molecule has 164 valence electrons. The van der Waals surface area contributed by atoms with Crippen LogP contribution in [0.1, 0.15) is 32.3 Å². The number of Topliss-reactive ketones (excluding diaryl/α,β-unsaturated/α-hetero) is 1. The number of hydrogen-bond acceptors (Lipinski definition) is 6. The number of nitrogens with zero attached hydrogens (tertiary/aromatic N) is 3. The van der Waals surface area contributed by atoms with Crippen molar-refractivity contribution in [3.05, 3.63) is 112 Å². The van der Waals surface area contributed by atoms with Crippen LogP contribution in [0.2, 0.25) is 5.02 Å². The number of pyridine rings is 1. The first-order valence-corrected chi connectivity index (χ1v) is 11.5. The van der Waals surface area contributed by atoms with Crippen LogP contribution >= 0.6 is 23.4 Å². The van der Waals surface area contributed by atoms with Crippen LogP contribution in [0.15, 0.2) is 90.0 Å². The van der Waals surface area contributed by atoms with E-state index in [-0.39, 0.29) is 27.8 Å². The number of benzene rings is 3. The van der Waals surface area contributed by atoms with Crippen molar-refractivity contribution in [2.45, 2.75) is 10.3 Å². The number of nitrogens with two attached hydrogens (primary N) is 1. The summed E-state index contributed by atoms with van der Waals surface area (Å²) >= 11 is 7.17. The van der Waals surface area contributed by atoms with E-state index in [1.165, 1.54) is 0 Å². The molecule has 0 bridgehead atoms. The number of anilines is 1. The molecule has 0 aliphatic carbocycles. The van der Waals surface area contributed by atoms with Gasteiger partial charge in [0, 0.05) is 16.1 Å². The summed E-state index contributed by atoms with van der Waals surface area (Å²) in [6, 6.07) is 29.3. The fourth-order valence-corrected chi connectivity index (χ4v) is 4.86. The van der Waals surface area contributed by atoms with Crippen molar-refractivity contribution in [2.75, 3.05) is 5.73 Å². The molecule has 0 saturated heterocycles. The maximum atomic E-state index is 13.5. The van der Waals surface area contributed by atoms with Crippen molar-refractivity contribution in [3.63, 3.8) is 0 Å². The van der Waals surface area contributed by atoms with Gasteiger partial charge in [-0.2, -0.15) is 10.5 Å². The average Bonchev–Trinajstić information content (AvgIpc) is 2.88. The molecule has 1 atom stereocenters. The molecule has 2 N–H and O–H groups in total. The smallest absolute Gasteiger partial charge is 0.180 e. The van der Waals surface area contributed by atoms with Crippen LogP contribution in [0.3, 0.4) is 0 Å². The summed E-state index contributed by atoms with van der Waals surface area (Å²) in [6.45, 7) is 0. The third kappa shape index (κ3) is 4.65. The van der Waals surface area contributed by atoms with Gasteiger partial charge in [-0.3, -0.25) is 4.79 Å². The number of carbonyl (C=O) groups is 1. The Morgan fingerprint density at radius 3 is 2.06 bits per heavy atom. The third-order valence-corrected chi connectivity index (χ3v) is 6.67. The zero-order valence-electron chi connectivity index (χ0n) is 17.8. The lowest BCUT2D eigenvalue weighted by Crippen LogP contribution is -2.11. The number of hydrogen-bond donors (Lipinski definition) is 1. The van der Waals surface area contributed by atoms with E-state index in [4.69, 9.17) is 17.3 Å². The first-order chi connectivity index (χ1) is 16.5. The number of ketones is 1. The molecule has 0 fully saturated rings. The van der Waals surface area contributed by atoms with Crippen LogP contribution < -0.4 is 5.73 Å². The van der Waals surface area contributed by atoms with Crippen LogP contribution in [-0.4, -0.2) is 10.8 Å². The summed E-state index contributed by atoms with van der Waals surface area (Å²) in [4.78, 5) is 17.9. The van der Waals surface area contributed by atoms with E-state index in [1.807, 2.05) is 36.4 Å². The monoisotopic (exact) mass is 480 g/mol. The molecule has 0 radical (unpaired) electrons. The van der Waals surface area contributed by atoms with Gasteiger partial charge < -0.3 is 5.73 Å². The minimum atomic E-state index is -0.673. The molecule has 5 nitrogen and oxygen atoms in total. The van der Waals surface area contributed by atoms with Gasteiger partial charge in [-0.1, -0.05) is 96.2 Å². The predicted octanol–water partition coefficient (Wildman–Crippen LogP) is 6.44. The SMILES string of the molecule is N#Cc1c(N)nc(SC(C(=O)c2ccccc2)c2ccccc2)c(C#N)c1-c1ccc(Cl)cc1. The highest BCUT2D eigenvalue weighted by Gasteiger charge is 2.28. The number of rotatable bonds is 6. The highest BCUT2D eigenvalue weighted by molar-refractivity contribution is 8.00. The molecular weight excluding hydrogens is 464 g/mol. The lowest BCUT2D eigenvalue weighted by atomic mass is 9.97. The zero-order valence-corrected chi connectivity index (χ0v) is 19.3. The summed E-state index contributed by atoms with van der Waals surface area (Å²) in [5.74, 6) is -0.133. The molecule has 1 heterocycles. The number of nitrogen functional groups attached to an aromatic ring is 1. The average molecular weight is 481 g/mol. The van der Waals surface area contributed by atoms with Gasteiger partial charge in [-0.15, -0.1) is 0 Å². The fourth-order valence-electron chi connectivity index (χ4n) is 3.55. The van der Waals surface area contributed by atoms with Crippen LogP contribution in [-0.2, 0) is 0 Å². The van der Waals surface area contributed by atoms with Crippen molar-refractivity contribution < 1.29 is 4.79 Å². The first kappa shape index (κ1) is 23.1. The van der Waals surface area contributed by atoms with Gasteiger partial charge >= 0.3 is 0 Å². The highest BCUT2D eigenvalue weighted by Crippen LogP contribution is 2.42. The Hall–Kier alpha value is -4.10. The lowest BCUT2D eigenvalue weighted by Gasteiger charge is -2.18. The number of aromatic nitrogens is 1. The third-order valence-electron chi connectivity index (χ3n) is 5.18. The quantitative estimate of drug-likeness (QED) is 0.251. The van der Waals surface area contributed by atoms with Gasteiger partial charge in [-0.05, 0) is 23.3 Å². The maximum Gasteiger partial charge on any atom is 0.180 e. The van der Waals surface area contributed by atoms with Gasteiger partial charge in [0.05, 0.1) is 10.8 Å². The Labute approximate surface area is 206 Å². The van der Waals surface area contributed by atoms with Crippen molar-refractivity contribution >= 4 is 35.0 Å². The minimum Gasteiger partial charge on any atom is -0.383 e. The Balaban J connectivity index is 1.89. The summed E-state index contributed by atoms with van der Waals surface area (Å²) in [5, 5.41) is 20.0. The number of nitriles is 2. The number of thioether (sulfide) groups is 1. The maximum absolute atomic E-state index is 13.5. The fraction of sp³-hybridized carbons (Fsp3) is 0.0370. The Morgan fingerprint density at radius 2 is 1.47 bits per heavy atom. The second-order valence-electron chi connectivity index (χ2n) is 7.30. The lowest BCUT2D eigenvalue weighted by molar-refractivity contribution is 0.0989. The number of halogens is 1. The topological polar surface area (TPSA) is 104 Å². The molecular formula is C27H17ClN4OS. The van der Waals surface area contributed by atoms with E-state index in [0.717, 1.165) is 17.3 Å². The van der Waals surface area contributed by atoms with E-state index in [1.54, 1.807) is 48.5 Å². The molecule has 4 rings (SSSR count). The predicted molar refractivity (Wildman–Crippen MR) is 134 cm³/mol. The van der Waals surface area contributed by atoms with Crippen molar-refractivity contribution in [1.29, 1.82) is 10.5 Å². The molecule has 1 aromatic heterocycles. The van der Waals surface area contributed by atoms with Gasteiger partial charge in [0.15, 0.2) is 5.78 Å². The first-order valence-electron chi connectivity index (χ1n) is 10.2. The Morgan fingerprint density at radius 1 is 0.882 bits per heavy atom. The molecule has 0 amide bonds. The second kappa shape index (κ2) is 10.2. The molecule has 0 saturated carbocycles. The molecule has 0 aliphatic rings. The summed E-state index contributed by atoms with van der Waals surface area (Å²) < 4.78 is 0. The van der Waals surface area contributed by atoms with E-state index in [0.29, 0.717) is 21.7 Å². The standard InChI is InChI=1S/C27H17ClN4OS/c28-20-13-11-17(12-14-20)23-21(15-29)26(31)32-27(22(23)16-30)34-25(19-9-5-2-6-10-19)24(33)18-7-3-1-4-8-18/h1-14,25H,(H2,31,32). The summed E-state index contributed by atoms with van der Waals surface area (Å²) in [7, 11) is 0. The zero-order chi connectivity index (χ0) is 24.1. The van der Waals surface area contributed by atoms with Gasteiger partial charge in [-0.25, -0.2) is 4.98 Å². The molecule has 0 spiro atoms. The van der Waals surface area contributed by atoms with Gasteiger partial charge in [0.25, 0.3) is 0 Å². The molecule has 34 heavy (non-hydrogen) atoms. The van der Waals surface area contributed by atoms with Crippen molar-refractivity contribution in [1.82, 2.24) is 4.98 Å². The van der Waals surface area contributed by atoms with E-state index in [9.17, 15) is 15.3 Å². The van der Waals surface area contributed by atoms with Crippen molar-refractivity contribution in [2.24, 2.45) is 0 Å². The Kier molecular flexibility index (Phi) is 6.94. The molecule has 0 aliphatic heterocycles. The normalized spacial score (nSPS) is 11.3. The van der Waals surface area contributed by atoms with Crippen LogP contribution in [0, 0.1) is 22.7 Å². The van der Waals surface area contributed by atoms with Crippen LogP contribution in [0.25, 0.3) is 11.1 Å². The van der Waals surface area contributed by atoms with Crippen LogP contribution in [0.5, 0.6) is 0 Å². The van der Waals surface area contributed by atoms with E-state index < -0.39 is 5.25 Å². The number of carbonyl (C=O) groups excluding carboxylic acids is 1. The van der Waals surface area contributed by atoms with Gasteiger partial charge in [0.1, 0.15) is 28.5 Å². The highest BCUT2D eigenvalue weighted by atomic mass is 35.5. The van der Waals surface area contributed by atoms with Crippen molar-refractivity contribution in [3.8, 4) is 23.3 Å². The van der Waals surface area contributed by atoms with E-state index in [2.05, 4.69) is 17.1 Å². The van der Waals surface area contributed by atoms with E-state index >= 15 is 0 Å². The molecule has 3 aromatic carbocycles. The molecule has 4 aromatic rings. The van der Waals surface area contributed by atoms with Gasteiger partial charge in [0.2, 0.25) is 0 Å².